The first-order chi connectivity index (χ1) is 13.3. The molecule has 1 atom stereocenters. The molecule has 3 aromatic rings. The van der Waals surface area contributed by atoms with Gasteiger partial charge < -0.3 is 14.4 Å². The Morgan fingerprint density at radius 3 is 2.74 bits per heavy atom. The van der Waals surface area contributed by atoms with Crippen LogP contribution in [0.4, 0.5) is 0 Å². The SMILES string of the molecule is CN(CCc1ccccn1)Cc1ccccc1[C@H]1COc2cccnc2O1. The van der Waals surface area contributed by atoms with Crippen LogP contribution in [0.5, 0.6) is 11.6 Å². The third-order valence-electron chi connectivity index (χ3n) is 4.70. The van der Waals surface area contributed by atoms with Gasteiger partial charge in [0.15, 0.2) is 11.9 Å². The molecule has 5 nitrogen and oxygen atoms in total. The van der Waals surface area contributed by atoms with Crippen molar-refractivity contribution in [3.63, 3.8) is 0 Å². The van der Waals surface area contributed by atoms with E-state index in [0.717, 1.165) is 30.8 Å². The third kappa shape index (κ3) is 4.26. The Labute approximate surface area is 159 Å². The van der Waals surface area contributed by atoms with Crippen molar-refractivity contribution in [3.05, 3.63) is 83.8 Å². The summed E-state index contributed by atoms with van der Waals surface area (Å²) in [6, 6.07) is 18.2. The highest BCUT2D eigenvalue weighted by atomic mass is 16.6. The zero-order valence-electron chi connectivity index (χ0n) is 15.4. The molecule has 1 aliphatic heterocycles. The summed E-state index contributed by atoms with van der Waals surface area (Å²) in [5.74, 6) is 1.27. The molecule has 0 saturated heterocycles. The fourth-order valence-electron chi connectivity index (χ4n) is 3.28. The predicted octanol–water partition coefficient (Wildman–Crippen LogP) is 3.66. The van der Waals surface area contributed by atoms with Gasteiger partial charge in [-0.3, -0.25) is 4.98 Å². The molecule has 0 saturated carbocycles. The van der Waals surface area contributed by atoms with E-state index in [1.165, 1.54) is 5.56 Å². The summed E-state index contributed by atoms with van der Waals surface area (Å²) in [6.07, 6.45) is 4.35. The van der Waals surface area contributed by atoms with E-state index in [-0.39, 0.29) is 6.10 Å². The van der Waals surface area contributed by atoms with Gasteiger partial charge in [-0.1, -0.05) is 30.3 Å². The number of benzene rings is 1. The molecule has 27 heavy (non-hydrogen) atoms. The summed E-state index contributed by atoms with van der Waals surface area (Å²) < 4.78 is 12.0. The van der Waals surface area contributed by atoms with Crippen molar-refractivity contribution in [2.24, 2.45) is 0 Å². The Morgan fingerprint density at radius 2 is 1.85 bits per heavy atom. The van der Waals surface area contributed by atoms with Crippen molar-refractivity contribution >= 4 is 0 Å². The van der Waals surface area contributed by atoms with Gasteiger partial charge in [-0.05, 0) is 36.9 Å². The fraction of sp³-hybridized carbons (Fsp3) is 0.273. The first kappa shape index (κ1) is 17.5. The van der Waals surface area contributed by atoms with Crippen LogP contribution in [0.2, 0.25) is 0 Å². The molecule has 4 rings (SSSR count). The molecular formula is C22H23N3O2. The lowest BCUT2D eigenvalue weighted by molar-refractivity contribution is 0.0839. The lowest BCUT2D eigenvalue weighted by Gasteiger charge is -2.28. The zero-order chi connectivity index (χ0) is 18.5. The van der Waals surface area contributed by atoms with Gasteiger partial charge in [-0.25, -0.2) is 4.98 Å². The van der Waals surface area contributed by atoms with Gasteiger partial charge in [-0.2, -0.15) is 0 Å². The summed E-state index contributed by atoms with van der Waals surface area (Å²) >= 11 is 0. The number of pyridine rings is 2. The molecule has 3 heterocycles. The van der Waals surface area contributed by atoms with Crippen molar-refractivity contribution in [2.75, 3.05) is 20.2 Å². The second-order valence-corrected chi connectivity index (χ2v) is 6.73. The van der Waals surface area contributed by atoms with Crippen LogP contribution in [0.1, 0.15) is 22.9 Å². The molecule has 138 valence electrons. The van der Waals surface area contributed by atoms with Gasteiger partial charge in [0.1, 0.15) is 6.61 Å². The Hall–Kier alpha value is -2.92. The van der Waals surface area contributed by atoms with E-state index in [4.69, 9.17) is 9.47 Å². The number of ether oxygens (including phenoxy) is 2. The number of hydrogen-bond acceptors (Lipinski definition) is 5. The van der Waals surface area contributed by atoms with Crippen LogP contribution in [0.3, 0.4) is 0 Å². The topological polar surface area (TPSA) is 47.5 Å². The molecule has 1 aromatic carbocycles. The van der Waals surface area contributed by atoms with Gasteiger partial charge in [0.2, 0.25) is 0 Å². The maximum Gasteiger partial charge on any atom is 0.257 e. The van der Waals surface area contributed by atoms with E-state index in [1.54, 1.807) is 6.20 Å². The molecule has 1 aliphatic rings. The van der Waals surface area contributed by atoms with Gasteiger partial charge >= 0.3 is 0 Å². The average Bonchev–Trinajstić information content (AvgIpc) is 2.73. The van der Waals surface area contributed by atoms with E-state index in [1.807, 2.05) is 36.5 Å². The normalized spacial score (nSPS) is 15.7. The molecule has 0 radical (unpaired) electrons. The smallest absolute Gasteiger partial charge is 0.257 e. The van der Waals surface area contributed by atoms with Crippen LogP contribution >= 0.6 is 0 Å². The predicted molar refractivity (Wildman–Crippen MR) is 104 cm³/mol. The highest BCUT2D eigenvalue weighted by Gasteiger charge is 2.25. The maximum atomic E-state index is 6.10. The van der Waals surface area contributed by atoms with Gasteiger partial charge in [0.05, 0.1) is 0 Å². The molecule has 0 N–H and O–H groups in total. The lowest BCUT2D eigenvalue weighted by atomic mass is 10.0. The first-order valence-corrected chi connectivity index (χ1v) is 9.20. The molecule has 5 heteroatoms. The summed E-state index contributed by atoms with van der Waals surface area (Å²) in [7, 11) is 2.13. The molecule has 0 spiro atoms. The number of likely N-dealkylation sites (N-methyl/N-ethyl adjacent to an activating group) is 1. The van der Waals surface area contributed by atoms with Crippen LogP contribution in [-0.2, 0) is 13.0 Å². The number of hydrogen-bond donors (Lipinski definition) is 0. The number of fused-ring (bicyclic) bond motifs is 1. The Bertz CT molecular complexity index is 885. The van der Waals surface area contributed by atoms with Crippen LogP contribution in [-0.4, -0.2) is 35.1 Å². The standard InChI is InChI=1S/C22H23N3O2/c1-25(14-11-18-8-4-5-12-23-18)15-17-7-2-3-9-19(17)21-16-26-20-10-6-13-24-22(20)27-21/h2-10,12-13,21H,11,14-16H2,1H3/t21-/m1/s1. The molecule has 0 fully saturated rings. The number of nitrogens with zero attached hydrogens (tertiary/aromatic N) is 3. The van der Waals surface area contributed by atoms with Crippen molar-refractivity contribution in [3.8, 4) is 11.6 Å². The van der Waals surface area contributed by atoms with Crippen molar-refractivity contribution < 1.29 is 9.47 Å². The van der Waals surface area contributed by atoms with Crippen molar-refractivity contribution in [2.45, 2.75) is 19.1 Å². The molecule has 0 bridgehead atoms. The highest BCUT2D eigenvalue weighted by Crippen LogP contribution is 2.35. The number of aromatic nitrogens is 2. The minimum Gasteiger partial charge on any atom is -0.484 e. The summed E-state index contributed by atoms with van der Waals surface area (Å²) in [4.78, 5) is 11.0. The monoisotopic (exact) mass is 361 g/mol. The molecule has 0 unspecified atom stereocenters. The van der Waals surface area contributed by atoms with E-state index in [0.29, 0.717) is 18.2 Å². The quantitative estimate of drug-likeness (QED) is 0.670. The van der Waals surface area contributed by atoms with Crippen LogP contribution < -0.4 is 9.47 Å². The minimum atomic E-state index is -0.146. The maximum absolute atomic E-state index is 6.10. The Kier molecular flexibility index (Phi) is 5.30. The van der Waals surface area contributed by atoms with Gasteiger partial charge in [0.25, 0.3) is 5.88 Å². The summed E-state index contributed by atoms with van der Waals surface area (Å²) in [5, 5.41) is 0. The first-order valence-electron chi connectivity index (χ1n) is 9.20. The van der Waals surface area contributed by atoms with E-state index < -0.39 is 0 Å². The van der Waals surface area contributed by atoms with Crippen LogP contribution in [0.15, 0.2) is 67.0 Å². The molecule has 0 amide bonds. The molecule has 2 aromatic heterocycles. The van der Waals surface area contributed by atoms with E-state index in [2.05, 4.69) is 46.2 Å². The Morgan fingerprint density at radius 1 is 1.00 bits per heavy atom. The minimum absolute atomic E-state index is 0.146. The Balaban J connectivity index is 1.44. The van der Waals surface area contributed by atoms with Crippen LogP contribution in [0.25, 0.3) is 0 Å². The molecule has 0 aliphatic carbocycles. The zero-order valence-corrected chi connectivity index (χ0v) is 15.4. The average molecular weight is 361 g/mol. The second kappa shape index (κ2) is 8.18. The molecular weight excluding hydrogens is 338 g/mol. The van der Waals surface area contributed by atoms with Crippen LogP contribution in [0, 0.1) is 0 Å². The lowest BCUT2D eigenvalue weighted by Crippen LogP contribution is -2.26. The fourth-order valence-corrected chi connectivity index (χ4v) is 3.28. The van der Waals surface area contributed by atoms with E-state index >= 15 is 0 Å². The third-order valence-corrected chi connectivity index (χ3v) is 4.70. The van der Waals surface area contributed by atoms with Gasteiger partial charge in [-0.15, -0.1) is 0 Å². The number of rotatable bonds is 6. The second-order valence-electron chi connectivity index (χ2n) is 6.73. The highest BCUT2D eigenvalue weighted by molar-refractivity contribution is 5.37. The summed E-state index contributed by atoms with van der Waals surface area (Å²) in [5.41, 5.74) is 3.51. The largest absolute Gasteiger partial charge is 0.484 e. The van der Waals surface area contributed by atoms with Crippen molar-refractivity contribution in [1.29, 1.82) is 0 Å². The van der Waals surface area contributed by atoms with Gasteiger partial charge in [0, 0.05) is 43.2 Å². The van der Waals surface area contributed by atoms with Crippen molar-refractivity contribution in [1.82, 2.24) is 14.9 Å². The summed E-state index contributed by atoms with van der Waals surface area (Å²) in [6.45, 7) is 2.28. The van der Waals surface area contributed by atoms with E-state index in [9.17, 15) is 0 Å².